The number of aliphatic hydroxyl groups is 3. The number of hydrogen-bond donors (Lipinski definition) is 3. The Bertz CT molecular complexity index is 130. The standard InChI is InChI=1S/C6H14O3/c1-3-5(8)6(2,9)4-7/h5,7-9H,3-4H2,1-2H3/t5-,6+/m1/s1/i3D2. The zero-order valence-corrected chi connectivity index (χ0v) is 5.63. The van der Waals surface area contributed by atoms with E-state index in [2.05, 4.69) is 0 Å². The molecule has 0 unspecified atom stereocenters. The molecule has 0 radical (unpaired) electrons. The average Bonchev–Trinajstić information content (AvgIpc) is 1.84. The third-order valence-electron chi connectivity index (χ3n) is 1.18. The summed E-state index contributed by atoms with van der Waals surface area (Å²) in [4.78, 5) is 0. The van der Waals surface area contributed by atoms with Crippen LogP contribution in [0.3, 0.4) is 0 Å². The van der Waals surface area contributed by atoms with Crippen LogP contribution < -0.4 is 0 Å². The molecule has 3 N–H and O–H groups in total. The van der Waals surface area contributed by atoms with Gasteiger partial charge in [0.2, 0.25) is 0 Å². The second-order valence-electron chi connectivity index (χ2n) is 2.21. The molecule has 0 aliphatic carbocycles. The van der Waals surface area contributed by atoms with Gasteiger partial charge in [0.1, 0.15) is 5.60 Å². The van der Waals surface area contributed by atoms with Crippen molar-refractivity contribution in [2.45, 2.75) is 31.9 Å². The van der Waals surface area contributed by atoms with Crippen molar-refractivity contribution in [3.8, 4) is 0 Å². The van der Waals surface area contributed by atoms with Crippen molar-refractivity contribution in [1.82, 2.24) is 0 Å². The lowest BCUT2D eigenvalue weighted by Crippen LogP contribution is -2.42. The summed E-state index contributed by atoms with van der Waals surface area (Å²) in [6.45, 7) is 1.66. The molecule has 0 spiro atoms. The Morgan fingerprint density at radius 2 is 2.22 bits per heavy atom. The third-order valence-corrected chi connectivity index (χ3v) is 1.18. The minimum Gasteiger partial charge on any atom is -0.393 e. The molecule has 3 nitrogen and oxygen atoms in total. The second-order valence-corrected chi connectivity index (χ2v) is 2.21. The van der Waals surface area contributed by atoms with Crippen molar-refractivity contribution < 1.29 is 18.1 Å². The van der Waals surface area contributed by atoms with Gasteiger partial charge >= 0.3 is 0 Å². The first-order valence-electron chi connectivity index (χ1n) is 3.73. The van der Waals surface area contributed by atoms with E-state index in [9.17, 15) is 5.11 Å². The highest BCUT2D eigenvalue weighted by Gasteiger charge is 2.27. The summed E-state index contributed by atoms with van der Waals surface area (Å²) in [6.07, 6.45) is -3.49. The van der Waals surface area contributed by atoms with Crippen molar-refractivity contribution in [3.63, 3.8) is 0 Å². The van der Waals surface area contributed by atoms with Gasteiger partial charge in [-0.25, -0.2) is 0 Å². The summed E-state index contributed by atoms with van der Waals surface area (Å²) in [5.74, 6) is 0. The Hall–Kier alpha value is -0.120. The van der Waals surface area contributed by atoms with E-state index < -0.39 is 24.7 Å². The minimum atomic E-state index is -1.91. The summed E-state index contributed by atoms with van der Waals surface area (Å²) in [5, 5.41) is 26.9. The second kappa shape index (κ2) is 3.15. The lowest BCUT2D eigenvalue weighted by molar-refractivity contribution is -0.0927. The van der Waals surface area contributed by atoms with Gasteiger partial charge in [-0.1, -0.05) is 6.92 Å². The molecule has 0 aliphatic heterocycles. The summed E-state index contributed by atoms with van der Waals surface area (Å²) in [6, 6.07) is 0. The van der Waals surface area contributed by atoms with Crippen molar-refractivity contribution in [3.05, 3.63) is 0 Å². The van der Waals surface area contributed by atoms with E-state index in [0.717, 1.165) is 6.92 Å². The van der Waals surface area contributed by atoms with E-state index in [-0.39, 0.29) is 0 Å². The van der Waals surface area contributed by atoms with E-state index in [1.807, 2.05) is 0 Å². The fourth-order valence-electron chi connectivity index (χ4n) is 0.397. The van der Waals surface area contributed by atoms with Gasteiger partial charge in [-0.3, -0.25) is 0 Å². The molecular weight excluding hydrogens is 120 g/mol. The first kappa shape index (κ1) is 5.65. The molecule has 0 aliphatic rings. The highest BCUT2D eigenvalue weighted by Crippen LogP contribution is 2.10. The molecule has 0 bridgehead atoms. The van der Waals surface area contributed by atoms with Crippen LogP contribution in [0.2, 0.25) is 0 Å². The van der Waals surface area contributed by atoms with E-state index in [1.54, 1.807) is 0 Å². The smallest absolute Gasteiger partial charge is 0.111 e. The molecule has 0 rings (SSSR count). The van der Waals surface area contributed by atoms with Gasteiger partial charge in [0.25, 0.3) is 0 Å². The first-order valence-corrected chi connectivity index (χ1v) is 2.73. The molecule has 3 heteroatoms. The highest BCUT2D eigenvalue weighted by atomic mass is 16.4. The van der Waals surface area contributed by atoms with Crippen LogP contribution in [0.1, 0.15) is 23.0 Å². The van der Waals surface area contributed by atoms with Crippen molar-refractivity contribution in [2.75, 3.05) is 6.61 Å². The molecule has 0 amide bonds. The van der Waals surface area contributed by atoms with E-state index >= 15 is 0 Å². The quantitative estimate of drug-likeness (QED) is 0.490. The maximum absolute atomic E-state index is 9.19. The monoisotopic (exact) mass is 136 g/mol. The van der Waals surface area contributed by atoms with Crippen molar-refractivity contribution in [2.24, 2.45) is 0 Å². The van der Waals surface area contributed by atoms with Gasteiger partial charge in [0.15, 0.2) is 0 Å². The van der Waals surface area contributed by atoms with Gasteiger partial charge < -0.3 is 15.3 Å². The fourth-order valence-corrected chi connectivity index (χ4v) is 0.397. The minimum absolute atomic E-state index is 0.665. The molecule has 0 aromatic heterocycles. The molecule has 0 heterocycles. The van der Waals surface area contributed by atoms with Crippen LogP contribution in [0.5, 0.6) is 0 Å². The average molecular weight is 136 g/mol. The van der Waals surface area contributed by atoms with Gasteiger partial charge in [-0.2, -0.15) is 0 Å². The summed E-state index contributed by atoms with van der Waals surface area (Å²) in [7, 11) is 0. The Morgan fingerprint density at radius 1 is 1.78 bits per heavy atom. The Kier molecular flexibility index (Phi) is 1.98. The maximum Gasteiger partial charge on any atom is 0.111 e. The Morgan fingerprint density at radius 3 is 2.33 bits per heavy atom. The van der Waals surface area contributed by atoms with Crippen LogP contribution >= 0.6 is 0 Å². The Labute approximate surface area is 57.8 Å². The highest BCUT2D eigenvalue weighted by molar-refractivity contribution is 4.79. The Balaban J connectivity index is 4.35. The maximum atomic E-state index is 9.19. The largest absolute Gasteiger partial charge is 0.393 e. The lowest BCUT2D eigenvalue weighted by Gasteiger charge is -2.25. The molecule has 0 aromatic rings. The molecule has 56 valence electrons. The molecule has 9 heavy (non-hydrogen) atoms. The molecule has 0 aromatic carbocycles. The number of rotatable bonds is 3. The normalized spacial score (nSPS) is 25.9. The molecule has 2 atom stereocenters. The van der Waals surface area contributed by atoms with E-state index in [1.165, 1.54) is 6.92 Å². The van der Waals surface area contributed by atoms with Crippen LogP contribution in [0, 0.1) is 0 Å². The third kappa shape index (κ3) is 2.30. The van der Waals surface area contributed by atoms with Crippen molar-refractivity contribution in [1.29, 1.82) is 0 Å². The van der Waals surface area contributed by atoms with Crippen LogP contribution in [0.15, 0.2) is 0 Å². The molecule has 0 fully saturated rings. The lowest BCUT2D eigenvalue weighted by atomic mass is 9.99. The number of hydrogen-bond acceptors (Lipinski definition) is 3. The van der Waals surface area contributed by atoms with Gasteiger partial charge in [-0.15, -0.1) is 0 Å². The first-order chi connectivity index (χ1) is 4.72. The van der Waals surface area contributed by atoms with E-state index in [0.29, 0.717) is 0 Å². The topological polar surface area (TPSA) is 60.7 Å². The van der Waals surface area contributed by atoms with Crippen LogP contribution in [-0.2, 0) is 0 Å². The van der Waals surface area contributed by atoms with Gasteiger partial charge in [0, 0.05) is 2.74 Å². The molecule has 0 saturated heterocycles. The summed E-state index contributed by atoms with van der Waals surface area (Å²) in [5.41, 5.74) is -1.78. The zero-order valence-electron chi connectivity index (χ0n) is 7.63. The predicted octanol–water partition coefficient (Wildman–Crippen LogP) is -0.499. The van der Waals surface area contributed by atoms with Crippen molar-refractivity contribution >= 4 is 0 Å². The summed E-state index contributed by atoms with van der Waals surface area (Å²) < 4.78 is 14.1. The molecule has 0 saturated carbocycles. The van der Waals surface area contributed by atoms with Crippen LogP contribution in [0.4, 0.5) is 0 Å². The van der Waals surface area contributed by atoms with Crippen LogP contribution in [0.25, 0.3) is 0 Å². The van der Waals surface area contributed by atoms with E-state index in [4.69, 9.17) is 13.0 Å². The molecular formula is C6H14O3. The van der Waals surface area contributed by atoms with Gasteiger partial charge in [0.05, 0.1) is 12.7 Å². The van der Waals surface area contributed by atoms with Gasteiger partial charge in [-0.05, 0) is 13.3 Å². The zero-order chi connectivity index (χ0) is 9.28. The predicted molar refractivity (Wildman–Crippen MR) is 34.0 cm³/mol. The summed E-state index contributed by atoms with van der Waals surface area (Å²) >= 11 is 0. The number of aliphatic hydroxyl groups excluding tert-OH is 2. The fraction of sp³-hybridized carbons (Fsp3) is 1.00. The van der Waals surface area contributed by atoms with Crippen LogP contribution in [-0.4, -0.2) is 33.6 Å². The SMILES string of the molecule is [2H]C([2H])(C)[C@@H](O)[C@@](C)(O)CO.